The molecule has 0 amide bonds. The molecule has 0 unspecified atom stereocenters. The van der Waals surface area contributed by atoms with Gasteiger partial charge in [-0.3, -0.25) is 0 Å². The molecular formula is C12H9ClN2O2S. The van der Waals surface area contributed by atoms with E-state index in [1.54, 1.807) is 24.4 Å². The number of nitrogens with zero attached hydrogens (tertiary/aromatic N) is 2. The van der Waals surface area contributed by atoms with Crippen molar-refractivity contribution >= 4 is 29.3 Å². The predicted molar refractivity (Wildman–Crippen MR) is 70.0 cm³/mol. The molecule has 0 aliphatic carbocycles. The van der Waals surface area contributed by atoms with E-state index in [0.29, 0.717) is 10.8 Å². The molecule has 0 fully saturated rings. The number of carboxylic acids is 1. The molecule has 2 heterocycles. The molecule has 2 aromatic heterocycles. The van der Waals surface area contributed by atoms with Crippen molar-refractivity contribution in [1.29, 1.82) is 0 Å². The summed E-state index contributed by atoms with van der Waals surface area (Å²) in [6.07, 6.45) is 3.08. The first-order valence-electron chi connectivity index (χ1n) is 5.08. The standard InChI is InChI=1S/C12H9ClN2O2S/c13-9-1-2-11(15-6-9)18-7-8-3-4-14-10(5-8)12(16)17/h1-6H,7H2,(H,16,17). The molecule has 18 heavy (non-hydrogen) atoms. The van der Waals surface area contributed by atoms with Gasteiger partial charge in [-0.25, -0.2) is 14.8 Å². The Morgan fingerprint density at radius 2 is 2.17 bits per heavy atom. The van der Waals surface area contributed by atoms with Gasteiger partial charge in [-0.05, 0) is 29.8 Å². The van der Waals surface area contributed by atoms with Crippen LogP contribution in [0, 0.1) is 0 Å². The monoisotopic (exact) mass is 280 g/mol. The molecule has 1 N–H and O–H groups in total. The Morgan fingerprint density at radius 3 is 2.83 bits per heavy atom. The Hall–Kier alpha value is -1.59. The van der Waals surface area contributed by atoms with Gasteiger partial charge in [0.25, 0.3) is 0 Å². The molecule has 0 bridgehead atoms. The highest BCUT2D eigenvalue weighted by Crippen LogP contribution is 2.21. The molecule has 0 atom stereocenters. The lowest BCUT2D eigenvalue weighted by atomic mass is 10.2. The first-order chi connectivity index (χ1) is 8.65. The van der Waals surface area contributed by atoms with Crippen LogP contribution in [0.4, 0.5) is 0 Å². The second-order valence-corrected chi connectivity index (χ2v) is 4.89. The van der Waals surface area contributed by atoms with Gasteiger partial charge in [-0.2, -0.15) is 0 Å². The van der Waals surface area contributed by atoms with Crippen molar-refractivity contribution in [2.75, 3.05) is 0 Å². The van der Waals surface area contributed by atoms with Gasteiger partial charge in [0, 0.05) is 18.1 Å². The molecule has 0 aromatic carbocycles. The molecule has 0 saturated carbocycles. The van der Waals surface area contributed by atoms with Crippen LogP contribution >= 0.6 is 23.4 Å². The van der Waals surface area contributed by atoms with Crippen LogP contribution in [0.1, 0.15) is 16.1 Å². The fraction of sp³-hybridized carbons (Fsp3) is 0.0833. The van der Waals surface area contributed by atoms with Gasteiger partial charge in [0.05, 0.1) is 10.0 Å². The van der Waals surface area contributed by atoms with Crippen LogP contribution in [0.5, 0.6) is 0 Å². The van der Waals surface area contributed by atoms with E-state index in [4.69, 9.17) is 16.7 Å². The summed E-state index contributed by atoms with van der Waals surface area (Å²) in [5, 5.41) is 10.3. The van der Waals surface area contributed by atoms with E-state index < -0.39 is 5.97 Å². The fourth-order valence-electron chi connectivity index (χ4n) is 1.29. The lowest BCUT2D eigenvalue weighted by molar-refractivity contribution is 0.0690. The number of hydrogen-bond donors (Lipinski definition) is 1. The zero-order valence-corrected chi connectivity index (χ0v) is 10.8. The van der Waals surface area contributed by atoms with Crippen molar-refractivity contribution in [3.63, 3.8) is 0 Å². The quantitative estimate of drug-likeness (QED) is 0.872. The van der Waals surface area contributed by atoms with Crippen LogP contribution < -0.4 is 0 Å². The summed E-state index contributed by atoms with van der Waals surface area (Å²) in [6.45, 7) is 0. The SMILES string of the molecule is O=C(O)c1cc(CSc2ccc(Cl)cn2)ccn1. The maximum atomic E-state index is 10.8. The maximum absolute atomic E-state index is 10.8. The van der Waals surface area contributed by atoms with Gasteiger partial charge >= 0.3 is 5.97 Å². The number of halogens is 1. The number of carboxylic acid groups (broad SMARTS) is 1. The molecule has 4 nitrogen and oxygen atoms in total. The van der Waals surface area contributed by atoms with E-state index in [9.17, 15) is 4.79 Å². The van der Waals surface area contributed by atoms with Crippen molar-refractivity contribution in [1.82, 2.24) is 9.97 Å². The first-order valence-corrected chi connectivity index (χ1v) is 6.44. The molecule has 6 heteroatoms. The van der Waals surface area contributed by atoms with Gasteiger partial charge in [-0.1, -0.05) is 11.6 Å². The Morgan fingerprint density at radius 1 is 1.33 bits per heavy atom. The number of carbonyl (C=O) groups is 1. The number of aromatic carboxylic acids is 1. The zero-order chi connectivity index (χ0) is 13.0. The minimum Gasteiger partial charge on any atom is -0.477 e. The third-order valence-corrected chi connectivity index (χ3v) is 3.37. The van der Waals surface area contributed by atoms with Crippen LogP contribution in [0.25, 0.3) is 0 Å². The van der Waals surface area contributed by atoms with Gasteiger partial charge in [0.1, 0.15) is 5.69 Å². The van der Waals surface area contributed by atoms with E-state index in [-0.39, 0.29) is 5.69 Å². The Bertz CT molecular complexity index is 560. The predicted octanol–water partition coefficient (Wildman–Crippen LogP) is 3.12. The van der Waals surface area contributed by atoms with E-state index in [1.165, 1.54) is 18.0 Å². The van der Waals surface area contributed by atoms with Crippen LogP contribution in [0.15, 0.2) is 41.7 Å². The largest absolute Gasteiger partial charge is 0.477 e. The van der Waals surface area contributed by atoms with E-state index in [0.717, 1.165) is 10.6 Å². The van der Waals surface area contributed by atoms with Crippen molar-refractivity contribution in [2.45, 2.75) is 10.8 Å². The molecule has 0 saturated heterocycles. The molecule has 0 aliphatic heterocycles. The van der Waals surface area contributed by atoms with Crippen molar-refractivity contribution in [3.05, 3.63) is 52.9 Å². The highest BCUT2D eigenvalue weighted by molar-refractivity contribution is 7.98. The topological polar surface area (TPSA) is 63.1 Å². The maximum Gasteiger partial charge on any atom is 0.354 e. The molecule has 2 aromatic rings. The van der Waals surface area contributed by atoms with Crippen molar-refractivity contribution < 1.29 is 9.90 Å². The number of thioether (sulfide) groups is 1. The summed E-state index contributed by atoms with van der Waals surface area (Å²) >= 11 is 7.25. The van der Waals surface area contributed by atoms with E-state index in [1.807, 2.05) is 6.07 Å². The van der Waals surface area contributed by atoms with Gasteiger partial charge in [0.2, 0.25) is 0 Å². The number of pyridine rings is 2. The molecular weight excluding hydrogens is 272 g/mol. The first kappa shape index (κ1) is 12.9. The number of hydrogen-bond acceptors (Lipinski definition) is 4. The molecule has 0 spiro atoms. The average molecular weight is 281 g/mol. The second kappa shape index (κ2) is 5.84. The van der Waals surface area contributed by atoms with Gasteiger partial charge in [-0.15, -0.1) is 11.8 Å². The molecule has 92 valence electrons. The summed E-state index contributed by atoms with van der Waals surface area (Å²) in [5.74, 6) is -0.385. The number of aromatic nitrogens is 2. The molecule has 0 radical (unpaired) electrons. The average Bonchev–Trinajstić information content (AvgIpc) is 2.38. The number of rotatable bonds is 4. The van der Waals surface area contributed by atoms with Crippen LogP contribution in [-0.2, 0) is 5.75 Å². The van der Waals surface area contributed by atoms with Crippen LogP contribution in [0.2, 0.25) is 5.02 Å². The normalized spacial score (nSPS) is 10.3. The third kappa shape index (κ3) is 3.45. The van der Waals surface area contributed by atoms with Gasteiger partial charge < -0.3 is 5.11 Å². The second-order valence-electron chi connectivity index (χ2n) is 3.46. The Labute approximate surface area is 113 Å². The summed E-state index contributed by atoms with van der Waals surface area (Å²) < 4.78 is 0. The minimum atomic E-state index is -1.02. The summed E-state index contributed by atoms with van der Waals surface area (Å²) in [4.78, 5) is 18.7. The Balaban J connectivity index is 2.04. The summed E-state index contributed by atoms with van der Waals surface area (Å²) in [5.41, 5.74) is 0.946. The van der Waals surface area contributed by atoms with E-state index in [2.05, 4.69) is 9.97 Å². The third-order valence-electron chi connectivity index (χ3n) is 2.13. The van der Waals surface area contributed by atoms with Crippen molar-refractivity contribution in [2.24, 2.45) is 0 Å². The van der Waals surface area contributed by atoms with Crippen LogP contribution in [-0.4, -0.2) is 21.0 Å². The fourth-order valence-corrected chi connectivity index (χ4v) is 2.18. The lowest BCUT2D eigenvalue weighted by Crippen LogP contribution is -2.00. The highest BCUT2D eigenvalue weighted by Gasteiger charge is 2.05. The Kier molecular flexibility index (Phi) is 4.17. The van der Waals surface area contributed by atoms with Gasteiger partial charge in [0.15, 0.2) is 0 Å². The summed E-state index contributed by atoms with van der Waals surface area (Å²) in [7, 11) is 0. The molecule has 0 aliphatic rings. The highest BCUT2D eigenvalue weighted by atomic mass is 35.5. The summed E-state index contributed by atoms with van der Waals surface area (Å²) in [6, 6.07) is 6.94. The van der Waals surface area contributed by atoms with E-state index >= 15 is 0 Å². The minimum absolute atomic E-state index is 0.0529. The molecule has 2 rings (SSSR count). The van der Waals surface area contributed by atoms with Crippen LogP contribution in [0.3, 0.4) is 0 Å². The van der Waals surface area contributed by atoms with Crippen molar-refractivity contribution in [3.8, 4) is 0 Å². The smallest absolute Gasteiger partial charge is 0.354 e. The lowest BCUT2D eigenvalue weighted by Gasteiger charge is -2.02. The zero-order valence-electron chi connectivity index (χ0n) is 9.21.